The Balaban J connectivity index is 1.45. The van der Waals surface area contributed by atoms with Crippen LogP contribution >= 0.6 is 11.8 Å². The second-order valence-corrected chi connectivity index (χ2v) is 7.46. The van der Waals surface area contributed by atoms with Gasteiger partial charge in [-0.05, 0) is 52.4 Å². The van der Waals surface area contributed by atoms with Crippen molar-refractivity contribution in [3.63, 3.8) is 0 Å². The molecule has 0 unspecified atom stereocenters. The van der Waals surface area contributed by atoms with Crippen molar-refractivity contribution in [1.29, 1.82) is 0 Å². The maximum Gasteiger partial charge on any atom is 0.252 e. The number of halogens is 1. The van der Waals surface area contributed by atoms with Gasteiger partial charge in [0.05, 0.1) is 17.0 Å². The summed E-state index contributed by atoms with van der Waals surface area (Å²) in [6.07, 6.45) is 0. The van der Waals surface area contributed by atoms with Gasteiger partial charge in [-0.2, -0.15) is 4.68 Å². The van der Waals surface area contributed by atoms with Crippen molar-refractivity contribution >= 4 is 17.7 Å². The first kappa shape index (κ1) is 19.8. The first-order chi connectivity index (χ1) is 14.7. The molecule has 1 heterocycles. The van der Waals surface area contributed by atoms with Crippen LogP contribution in [0.3, 0.4) is 0 Å². The van der Waals surface area contributed by atoms with Crippen molar-refractivity contribution in [2.75, 3.05) is 0 Å². The molecule has 0 aliphatic rings. The molecule has 0 saturated heterocycles. The molecule has 1 aromatic heterocycles. The fourth-order valence-corrected chi connectivity index (χ4v) is 3.87. The van der Waals surface area contributed by atoms with Gasteiger partial charge < -0.3 is 5.32 Å². The van der Waals surface area contributed by atoms with Crippen LogP contribution in [0.15, 0.2) is 83.8 Å². The van der Waals surface area contributed by atoms with Gasteiger partial charge in [-0.1, -0.05) is 42.5 Å². The van der Waals surface area contributed by atoms with Crippen molar-refractivity contribution in [3.05, 3.63) is 102 Å². The van der Waals surface area contributed by atoms with Crippen LogP contribution < -0.4 is 5.32 Å². The van der Waals surface area contributed by atoms with Crippen LogP contribution in [0.2, 0.25) is 0 Å². The summed E-state index contributed by atoms with van der Waals surface area (Å²) in [5.74, 6) is 0.635. The average molecular weight is 419 g/mol. The second-order valence-electron chi connectivity index (χ2n) is 6.44. The Hall–Kier alpha value is -3.52. The number of carbonyl (C=O) groups excluding carboxylic acids is 1. The van der Waals surface area contributed by atoms with E-state index < -0.39 is 0 Å². The number of para-hydroxylation sites is 1. The van der Waals surface area contributed by atoms with Crippen LogP contribution in [0.4, 0.5) is 4.39 Å². The lowest BCUT2D eigenvalue weighted by Gasteiger charge is -2.10. The minimum absolute atomic E-state index is 0.218. The van der Waals surface area contributed by atoms with Gasteiger partial charge in [0.1, 0.15) is 5.82 Å². The molecule has 4 aromatic rings. The molecular weight excluding hydrogens is 401 g/mol. The molecule has 0 spiro atoms. The largest absolute Gasteiger partial charge is 0.348 e. The smallest absolute Gasteiger partial charge is 0.252 e. The number of amides is 1. The zero-order valence-electron chi connectivity index (χ0n) is 15.9. The zero-order chi connectivity index (χ0) is 20.8. The summed E-state index contributed by atoms with van der Waals surface area (Å²) < 4.78 is 15.0. The van der Waals surface area contributed by atoms with E-state index >= 15 is 0 Å². The number of thioether (sulfide) groups is 1. The molecule has 30 heavy (non-hydrogen) atoms. The minimum atomic E-state index is -0.325. The highest BCUT2D eigenvalue weighted by Crippen LogP contribution is 2.26. The first-order valence-electron chi connectivity index (χ1n) is 9.28. The molecule has 0 atom stereocenters. The van der Waals surface area contributed by atoms with E-state index in [0.29, 0.717) is 22.7 Å². The molecular formula is C22H18FN5OS. The first-order valence-corrected chi connectivity index (χ1v) is 10.3. The Bertz CT molecular complexity index is 1150. The normalized spacial score (nSPS) is 10.7. The number of carbonyl (C=O) groups is 1. The Labute approximate surface area is 177 Å². The van der Waals surface area contributed by atoms with E-state index in [1.807, 2.05) is 48.5 Å². The molecule has 0 aliphatic heterocycles. The number of hydrogen-bond donors (Lipinski definition) is 1. The average Bonchev–Trinajstić information content (AvgIpc) is 3.25. The van der Waals surface area contributed by atoms with Crippen LogP contribution in [0.25, 0.3) is 5.69 Å². The quantitative estimate of drug-likeness (QED) is 0.458. The third-order valence-electron chi connectivity index (χ3n) is 4.37. The number of aromatic nitrogens is 4. The molecule has 4 rings (SSSR count). The van der Waals surface area contributed by atoms with Gasteiger partial charge in [0.15, 0.2) is 5.82 Å². The summed E-state index contributed by atoms with van der Waals surface area (Å²) in [7, 11) is 0. The van der Waals surface area contributed by atoms with Gasteiger partial charge in [0.25, 0.3) is 5.91 Å². The van der Waals surface area contributed by atoms with Gasteiger partial charge in [-0.15, -0.1) is 16.9 Å². The van der Waals surface area contributed by atoms with Gasteiger partial charge in [0, 0.05) is 11.4 Å². The van der Waals surface area contributed by atoms with Crippen LogP contribution in [0.5, 0.6) is 0 Å². The van der Waals surface area contributed by atoms with Crippen molar-refractivity contribution in [3.8, 4) is 5.69 Å². The Morgan fingerprint density at radius 2 is 1.80 bits per heavy atom. The summed E-state index contributed by atoms with van der Waals surface area (Å²) >= 11 is 1.48. The highest BCUT2D eigenvalue weighted by molar-refractivity contribution is 7.98. The maximum atomic E-state index is 13.3. The molecule has 0 fully saturated rings. The molecule has 1 amide bonds. The van der Waals surface area contributed by atoms with Gasteiger partial charge in [-0.3, -0.25) is 4.79 Å². The molecule has 8 heteroatoms. The van der Waals surface area contributed by atoms with Crippen LogP contribution in [0.1, 0.15) is 21.7 Å². The van der Waals surface area contributed by atoms with E-state index in [-0.39, 0.29) is 18.3 Å². The standard InChI is InChI=1S/C22H18FN5OS/c23-17-8-6-7-16(13-17)14-24-22(29)19-11-4-5-12-20(19)30-15-21-25-26-27-28(21)18-9-2-1-3-10-18/h1-13H,14-15H2,(H,24,29). The predicted molar refractivity (Wildman–Crippen MR) is 113 cm³/mol. The monoisotopic (exact) mass is 419 g/mol. The number of tetrazole rings is 1. The second kappa shape index (κ2) is 9.32. The fourth-order valence-electron chi connectivity index (χ4n) is 2.91. The lowest BCUT2D eigenvalue weighted by molar-refractivity contribution is 0.0948. The Morgan fingerprint density at radius 1 is 1.00 bits per heavy atom. The van der Waals surface area contributed by atoms with Gasteiger partial charge >= 0.3 is 0 Å². The van der Waals surface area contributed by atoms with Crippen LogP contribution in [0, 0.1) is 5.82 Å². The highest BCUT2D eigenvalue weighted by Gasteiger charge is 2.14. The van der Waals surface area contributed by atoms with Crippen molar-refractivity contribution in [2.45, 2.75) is 17.2 Å². The summed E-state index contributed by atoms with van der Waals surface area (Å²) in [6, 6.07) is 23.2. The molecule has 1 N–H and O–H groups in total. The van der Waals surface area contributed by atoms with Gasteiger partial charge in [0.2, 0.25) is 0 Å². The van der Waals surface area contributed by atoms with E-state index in [1.165, 1.54) is 23.9 Å². The topological polar surface area (TPSA) is 72.7 Å². The Kier molecular flexibility index (Phi) is 6.14. The lowest BCUT2D eigenvalue weighted by atomic mass is 10.2. The molecule has 0 aliphatic carbocycles. The fraction of sp³-hybridized carbons (Fsp3) is 0.0909. The van der Waals surface area contributed by atoms with Gasteiger partial charge in [-0.25, -0.2) is 4.39 Å². The third-order valence-corrected chi connectivity index (χ3v) is 5.43. The molecule has 6 nitrogen and oxygen atoms in total. The summed E-state index contributed by atoms with van der Waals surface area (Å²) in [5, 5.41) is 14.8. The molecule has 0 radical (unpaired) electrons. The molecule has 0 saturated carbocycles. The predicted octanol–water partition coefficient (Wildman–Crippen LogP) is 4.02. The number of benzene rings is 3. The number of rotatable bonds is 7. The third kappa shape index (κ3) is 4.72. The lowest BCUT2D eigenvalue weighted by Crippen LogP contribution is -2.23. The van der Waals surface area contributed by atoms with Crippen molar-refractivity contribution < 1.29 is 9.18 Å². The van der Waals surface area contributed by atoms with E-state index in [9.17, 15) is 9.18 Å². The van der Waals surface area contributed by atoms with Crippen molar-refractivity contribution in [1.82, 2.24) is 25.5 Å². The Morgan fingerprint density at radius 3 is 2.63 bits per heavy atom. The SMILES string of the molecule is O=C(NCc1cccc(F)c1)c1ccccc1SCc1nnnn1-c1ccccc1. The summed E-state index contributed by atoms with van der Waals surface area (Å²) in [4.78, 5) is 13.5. The zero-order valence-corrected chi connectivity index (χ0v) is 16.7. The number of nitrogens with one attached hydrogen (secondary N) is 1. The highest BCUT2D eigenvalue weighted by atomic mass is 32.2. The number of hydrogen-bond acceptors (Lipinski definition) is 5. The van der Waals surface area contributed by atoms with Crippen LogP contribution in [-0.2, 0) is 12.3 Å². The van der Waals surface area contributed by atoms with Crippen LogP contribution in [-0.4, -0.2) is 26.1 Å². The van der Waals surface area contributed by atoms with E-state index in [2.05, 4.69) is 20.8 Å². The van der Waals surface area contributed by atoms with E-state index in [0.717, 1.165) is 10.6 Å². The minimum Gasteiger partial charge on any atom is -0.348 e. The van der Waals surface area contributed by atoms with E-state index in [1.54, 1.807) is 22.9 Å². The van der Waals surface area contributed by atoms with Crippen molar-refractivity contribution in [2.24, 2.45) is 0 Å². The van der Waals surface area contributed by atoms with E-state index in [4.69, 9.17) is 0 Å². The molecule has 150 valence electrons. The molecule has 0 bridgehead atoms. The number of nitrogens with zero attached hydrogens (tertiary/aromatic N) is 4. The summed E-state index contributed by atoms with van der Waals surface area (Å²) in [5.41, 5.74) is 2.13. The summed E-state index contributed by atoms with van der Waals surface area (Å²) in [6.45, 7) is 0.252. The maximum absolute atomic E-state index is 13.3. The molecule has 3 aromatic carbocycles.